The Kier molecular flexibility index (Phi) is 5.12. The topological polar surface area (TPSA) is 28.2 Å². The molecular weight excluding hydrogens is 302 g/mol. The van der Waals surface area contributed by atoms with Gasteiger partial charge in [0.15, 0.2) is 0 Å². The summed E-state index contributed by atoms with van der Waals surface area (Å²) in [5.41, 5.74) is 1.07. The quantitative estimate of drug-likeness (QED) is 0.840. The molecule has 0 radical (unpaired) electrons. The first-order valence-electron chi connectivity index (χ1n) is 7.40. The van der Waals surface area contributed by atoms with Crippen molar-refractivity contribution >= 4 is 28.6 Å². The Hall–Kier alpha value is -1.10. The maximum atomic E-state index is 5.90. The molecule has 3 heterocycles. The van der Waals surface area contributed by atoms with E-state index in [4.69, 9.17) is 11.6 Å². The van der Waals surface area contributed by atoms with E-state index >= 15 is 0 Å². The lowest BCUT2D eigenvalue weighted by atomic mass is 9.96. The SMILES string of the molecule is Clc1cc(NCC2CCN(Cc3cccs3)CC2)ccn1. The molecule has 0 amide bonds. The first kappa shape index (κ1) is 14.8. The molecule has 5 heteroatoms. The maximum absolute atomic E-state index is 5.90. The number of anilines is 1. The molecule has 1 fully saturated rings. The number of nitrogens with one attached hydrogen (secondary N) is 1. The van der Waals surface area contributed by atoms with Gasteiger partial charge in [0.05, 0.1) is 0 Å². The molecule has 0 aliphatic carbocycles. The fraction of sp³-hybridized carbons (Fsp3) is 0.438. The average Bonchev–Trinajstić information content (AvgIpc) is 3.00. The van der Waals surface area contributed by atoms with Crippen molar-refractivity contribution in [2.75, 3.05) is 25.0 Å². The third-order valence-electron chi connectivity index (χ3n) is 3.99. The normalized spacial score (nSPS) is 17.0. The van der Waals surface area contributed by atoms with Crippen LogP contribution in [0.3, 0.4) is 0 Å². The first-order chi connectivity index (χ1) is 10.3. The summed E-state index contributed by atoms with van der Waals surface area (Å²) in [4.78, 5) is 8.03. The third kappa shape index (κ3) is 4.43. The van der Waals surface area contributed by atoms with Crippen LogP contribution < -0.4 is 5.32 Å². The Labute approximate surface area is 135 Å². The number of pyridine rings is 1. The van der Waals surface area contributed by atoms with Crippen LogP contribution in [0.25, 0.3) is 0 Å². The number of halogens is 1. The summed E-state index contributed by atoms with van der Waals surface area (Å²) in [5.74, 6) is 0.747. The molecule has 1 aliphatic heterocycles. The number of aromatic nitrogens is 1. The summed E-state index contributed by atoms with van der Waals surface area (Å²) in [7, 11) is 0. The number of thiophene rings is 1. The van der Waals surface area contributed by atoms with Crippen LogP contribution in [-0.2, 0) is 6.54 Å². The molecule has 0 bridgehead atoms. The lowest BCUT2D eigenvalue weighted by molar-refractivity contribution is 0.184. The summed E-state index contributed by atoms with van der Waals surface area (Å²) >= 11 is 7.75. The molecule has 1 aliphatic rings. The van der Waals surface area contributed by atoms with Crippen LogP contribution in [0.2, 0.25) is 5.15 Å². The van der Waals surface area contributed by atoms with E-state index in [0.717, 1.165) is 24.7 Å². The molecule has 3 nitrogen and oxygen atoms in total. The predicted octanol–water partition coefficient (Wildman–Crippen LogP) is 4.12. The van der Waals surface area contributed by atoms with Crippen LogP contribution >= 0.6 is 22.9 Å². The van der Waals surface area contributed by atoms with Crippen molar-refractivity contribution in [2.24, 2.45) is 5.92 Å². The summed E-state index contributed by atoms with van der Waals surface area (Å²) in [5, 5.41) is 6.18. The molecular formula is C16H20ClN3S. The van der Waals surface area contributed by atoms with Crippen molar-refractivity contribution in [3.05, 3.63) is 45.9 Å². The Balaban J connectivity index is 1.41. The number of hydrogen-bond donors (Lipinski definition) is 1. The number of hydrogen-bond acceptors (Lipinski definition) is 4. The van der Waals surface area contributed by atoms with Gasteiger partial charge in [-0.1, -0.05) is 17.7 Å². The standard InChI is InChI=1S/C16H20ClN3S/c17-16-10-14(3-6-18-16)19-11-13-4-7-20(8-5-13)12-15-2-1-9-21-15/h1-3,6,9-10,13H,4-5,7-8,11-12H2,(H,18,19). The molecule has 3 rings (SSSR count). The van der Waals surface area contributed by atoms with Gasteiger partial charge < -0.3 is 5.32 Å². The van der Waals surface area contributed by atoms with E-state index in [1.807, 2.05) is 23.5 Å². The van der Waals surface area contributed by atoms with Crippen molar-refractivity contribution in [3.63, 3.8) is 0 Å². The van der Waals surface area contributed by atoms with E-state index in [0.29, 0.717) is 5.15 Å². The van der Waals surface area contributed by atoms with Crippen molar-refractivity contribution in [2.45, 2.75) is 19.4 Å². The van der Waals surface area contributed by atoms with Gasteiger partial charge in [-0.25, -0.2) is 4.98 Å². The van der Waals surface area contributed by atoms with Crippen LogP contribution in [0.5, 0.6) is 0 Å². The van der Waals surface area contributed by atoms with Crippen molar-refractivity contribution in [3.8, 4) is 0 Å². The van der Waals surface area contributed by atoms with E-state index in [2.05, 4.69) is 32.7 Å². The molecule has 2 aromatic heterocycles. The highest BCUT2D eigenvalue weighted by Gasteiger charge is 2.19. The zero-order valence-electron chi connectivity index (χ0n) is 12.0. The van der Waals surface area contributed by atoms with E-state index in [9.17, 15) is 0 Å². The molecule has 21 heavy (non-hydrogen) atoms. The number of likely N-dealkylation sites (tertiary alicyclic amines) is 1. The molecule has 0 spiro atoms. The van der Waals surface area contributed by atoms with Gasteiger partial charge >= 0.3 is 0 Å². The minimum absolute atomic E-state index is 0.547. The maximum Gasteiger partial charge on any atom is 0.131 e. The van der Waals surface area contributed by atoms with Crippen LogP contribution in [0.15, 0.2) is 35.8 Å². The Morgan fingerprint density at radius 3 is 2.90 bits per heavy atom. The summed E-state index contributed by atoms with van der Waals surface area (Å²) in [6.45, 7) is 4.52. The van der Waals surface area contributed by atoms with Crippen molar-refractivity contribution < 1.29 is 0 Å². The minimum Gasteiger partial charge on any atom is -0.385 e. The Morgan fingerprint density at radius 1 is 1.33 bits per heavy atom. The molecule has 0 atom stereocenters. The highest BCUT2D eigenvalue weighted by atomic mass is 35.5. The fourth-order valence-corrected chi connectivity index (χ4v) is 3.67. The third-order valence-corrected chi connectivity index (χ3v) is 5.06. The smallest absolute Gasteiger partial charge is 0.131 e. The van der Waals surface area contributed by atoms with Crippen molar-refractivity contribution in [1.82, 2.24) is 9.88 Å². The number of nitrogens with zero attached hydrogens (tertiary/aromatic N) is 2. The van der Waals surface area contributed by atoms with Gasteiger partial charge in [0.1, 0.15) is 5.15 Å². The van der Waals surface area contributed by atoms with E-state index in [1.54, 1.807) is 6.20 Å². The Bertz CT molecular complexity index is 550. The largest absolute Gasteiger partial charge is 0.385 e. The highest BCUT2D eigenvalue weighted by Crippen LogP contribution is 2.21. The van der Waals surface area contributed by atoms with Crippen LogP contribution in [0.4, 0.5) is 5.69 Å². The van der Waals surface area contributed by atoms with Gasteiger partial charge in [0.2, 0.25) is 0 Å². The number of rotatable bonds is 5. The zero-order chi connectivity index (χ0) is 14.5. The van der Waals surface area contributed by atoms with E-state index in [1.165, 1.54) is 30.8 Å². The summed E-state index contributed by atoms with van der Waals surface area (Å²) in [6.07, 6.45) is 4.27. The predicted molar refractivity (Wildman–Crippen MR) is 90.1 cm³/mol. The first-order valence-corrected chi connectivity index (χ1v) is 8.65. The lowest BCUT2D eigenvalue weighted by Crippen LogP contribution is -2.35. The van der Waals surface area contributed by atoms with Gasteiger partial charge in [-0.2, -0.15) is 0 Å². The lowest BCUT2D eigenvalue weighted by Gasteiger charge is -2.31. The van der Waals surface area contributed by atoms with Crippen LogP contribution in [-0.4, -0.2) is 29.5 Å². The summed E-state index contributed by atoms with van der Waals surface area (Å²) < 4.78 is 0. The van der Waals surface area contributed by atoms with Gasteiger partial charge in [0, 0.05) is 29.9 Å². The fourth-order valence-electron chi connectivity index (χ4n) is 2.75. The molecule has 1 N–H and O–H groups in total. The van der Waals surface area contributed by atoms with E-state index in [-0.39, 0.29) is 0 Å². The zero-order valence-corrected chi connectivity index (χ0v) is 13.5. The molecule has 0 saturated carbocycles. The van der Waals surface area contributed by atoms with Crippen LogP contribution in [0, 0.1) is 5.92 Å². The van der Waals surface area contributed by atoms with Crippen molar-refractivity contribution in [1.29, 1.82) is 0 Å². The van der Waals surface area contributed by atoms with Gasteiger partial charge in [-0.3, -0.25) is 4.90 Å². The van der Waals surface area contributed by atoms with Gasteiger partial charge in [0.25, 0.3) is 0 Å². The Morgan fingerprint density at radius 2 is 2.19 bits per heavy atom. The molecule has 0 unspecified atom stereocenters. The van der Waals surface area contributed by atoms with Gasteiger partial charge in [-0.15, -0.1) is 11.3 Å². The second-order valence-electron chi connectivity index (χ2n) is 5.55. The second kappa shape index (κ2) is 7.25. The molecule has 112 valence electrons. The van der Waals surface area contributed by atoms with Gasteiger partial charge in [-0.05, 0) is 55.4 Å². The minimum atomic E-state index is 0.547. The number of piperidine rings is 1. The molecule has 0 aromatic carbocycles. The highest BCUT2D eigenvalue weighted by molar-refractivity contribution is 7.09. The monoisotopic (exact) mass is 321 g/mol. The average molecular weight is 322 g/mol. The molecule has 1 saturated heterocycles. The van der Waals surface area contributed by atoms with E-state index < -0.39 is 0 Å². The second-order valence-corrected chi connectivity index (χ2v) is 6.97. The molecule has 2 aromatic rings. The summed E-state index contributed by atoms with van der Waals surface area (Å²) in [6, 6.07) is 8.22. The van der Waals surface area contributed by atoms with Crippen LogP contribution in [0.1, 0.15) is 17.7 Å².